The SMILES string of the molecule is COCCCN(C(=O)C1CC(=O)N(Cc2ccco2)C1)c1c(N)n(Cc2ccccc2)c(=O)[nH]c1=O. The summed E-state index contributed by atoms with van der Waals surface area (Å²) in [6, 6.07) is 12.7. The second-order valence-electron chi connectivity index (χ2n) is 8.66. The number of likely N-dealkylation sites (tertiary alicyclic amines) is 1. The molecule has 36 heavy (non-hydrogen) atoms. The molecule has 1 saturated heterocycles. The van der Waals surface area contributed by atoms with E-state index in [0.717, 1.165) is 5.56 Å². The third-order valence-corrected chi connectivity index (χ3v) is 6.15. The fraction of sp³-hybridized carbons (Fsp3) is 0.360. The number of hydrogen-bond donors (Lipinski definition) is 2. The molecule has 2 aromatic heterocycles. The van der Waals surface area contributed by atoms with Gasteiger partial charge in [-0.3, -0.25) is 23.9 Å². The molecule has 0 bridgehead atoms. The molecule has 1 atom stereocenters. The Morgan fingerprint density at radius 3 is 2.64 bits per heavy atom. The van der Waals surface area contributed by atoms with Crippen LogP contribution in [-0.4, -0.2) is 53.1 Å². The van der Waals surface area contributed by atoms with E-state index in [1.807, 2.05) is 30.3 Å². The maximum Gasteiger partial charge on any atom is 0.330 e. The third kappa shape index (κ3) is 5.41. The van der Waals surface area contributed by atoms with Crippen LogP contribution in [0, 0.1) is 5.92 Å². The number of carbonyl (C=O) groups is 2. The highest BCUT2D eigenvalue weighted by Crippen LogP contribution is 2.26. The van der Waals surface area contributed by atoms with Crippen molar-refractivity contribution in [2.75, 3.05) is 37.4 Å². The molecular formula is C25H29N5O6. The molecule has 1 aliphatic heterocycles. The van der Waals surface area contributed by atoms with E-state index < -0.39 is 23.1 Å². The summed E-state index contributed by atoms with van der Waals surface area (Å²) in [5, 5.41) is 0. The minimum absolute atomic E-state index is 0.00177. The van der Waals surface area contributed by atoms with Gasteiger partial charge in [0.25, 0.3) is 5.56 Å². The molecular weight excluding hydrogens is 466 g/mol. The lowest BCUT2D eigenvalue weighted by molar-refractivity contribution is -0.129. The Morgan fingerprint density at radius 1 is 1.17 bits per heavy atom. The Morgan fingerprint density at radius 2 is 1.94 bits per heavy atom. The molecule has 11 heteroatoms. The summed E-state index contributed by atoms with van der Waals surface area (Å²) in [6.45, 7) is 1.03. The number of aromatic nitrogens is 2. The third-order valence-electron chi connectivity index (χ3n) is 6.15. The van der Waals surface area contributed by atoms with Gasteiger partial charge in [-0.25, -0.2) is 4.79 Å². The fourth-order valence-electron chi connectivity index (χ4n) is 4.36. The number of furan rings is 1. The average molecular weight is 496 g/mol. The molecule has 0 aliphatic carbocycles. The number of amides is 2. The number of ether oxygens (including phenoxy) is 1. The van der Waals surface area contributed by atoms with Crippen molar-refractivity contribution in [3.05, 3.63) is 80.9 Å². The maximum atomic E-state index is 13.7. The van der Waals surface area contributed by atoms with E-state index in [-0.39, 0.29) is 50.0 Å². The molecule has 1 unspecified atom stereocenters. The number of nitrogens with zero attached hydrogens (tertiary/aromatic N) is 3. The average Bonchev–Trinajstić information content (AvgIpc) is 3.51. The largest absolute Gasteiger partial charge is 0.467 e. The van der Waals surface area contributed by atoms with Gasteiger partial charge in [0, 0.05) is 33.2 Å². The fourth-order valence-corrected chi connectivity index (χ4v) is 4.36. The number of benzene rings is 1. The van der Waals surface area contributed by atoms with Crippen LogP contribution < -0.4 is 21.9 Å². The van der Waals surface area contributed by atoms with E-state index in [1.165, 1.54) is 22.8 Å². The van der Waals surface area contributed by atoms with Crippen LogP contribution in [0.1, 0.15) is 24.2 Å². The number of aromatic amines is 1. The van der Waals surface area contributed by atoms with E-state index >= 15 is 0 Å². The van der Waals surface area contributed by atoms with Crippen molar-refractivity contribution in [3.8, 4) is 0 Å². The molecule has 1 fully saturated rings. The van der Waals surface area contributed by atoms with E-state index in [0.29, 0.717) is 18.8 Å². The number of methoxy groups -OCH3 is 1. The lowest BCUT2D eigenvalue weighted by atomic mass is 10.1. The summed E-state index contributed by atoms with van der Waals surface area (Å²) < 4.78 is 11.7. The highest BCUT2D eigenvalue weighted by Gasteiger charge is 2.38. The molecule has 3 heterocycles. The highest BCUT2D eigenvalue weighted by atomic mass is 16.5. The monoisotopic (exact) mass is 495 g/mol. The Balaban J connectivity index is 1.65. The van der Waals surface area contributed by atoms with Gasteiger partial charge < -0.3 is 24.7 Å². The number of carbonyl (C=O) groups excluding carboxylic acids is 2. The van der Waals surface area contributed by atoms with Crippen LogP contribution in [0.25, 0.3) is 0 Å². The molecule has 0 spiro atoms. The van der Waals surface area contributed by atoms with E-state index in [2.05, 4.69) is 4.98 Å². The van der Waals surface area contributed by atoms with Gasteiger partial charge >= 0.3 is 5.69 Å². The van der Waals surface area contributed by atoms with Crippen LogP contribution in [-0.2, 0) is 27.4 Å². The van der Waals surface area contributed by atoms with Crippen LogP contribution in [0.4, 0.5) is 11.5 Å². The smallest absolute Gasteiger partial charge is 0.330 e. The molecule has 2 amide bonds. The zero-order valence-electron chi connectivity index (χ0n) is 20.0. The van der Waals surface area contributed by atoms with Crippen LogP contribution >= 0.6 is 0 Å². The maximum absolute atomic E-state index is 13.7. The van der Waals surface area contributed by atoms with Gasteiger partial charge in [-0.15, -0.1) is 0 Å². The number of anilines is 2. The van der Waals surface area contributed by atoms with E-state index in [1.54, 1.807) is 17.0 Å². The molecule has 11 nitrogen and oxygen atoms in total. The number of nitrogens with two attached hydrogens (primary N) is 1. The zero-order chi connectivity index (χ0) is 25.7. The molecule has 1 aliphatic rings. The summed E-state index contributed by atoms with van der Waals surface area (Å²) in [5.74, 6) is -0.776. The van der Waals surface area contributed by atoms with Gasteiger partial charge in [-0.2, -0.15) is 0 Å². The second-order valence-corrected chi connectivity index (χ2v) is 8.66. The van der Waals surface area contributed by atoms with Gasteiger partial charge in [-0.05, 0) is 24.1 Å². The first kappa shape index (κ1) is 25.0. The molecule has 3 aromatic rings. The molecule has 0 radical (unpaired) electrons. The second kappa shape index (κ2) is 11.1. The van der Waals surface area contributed by atoms with Crippen molar-refractivity contribution < 1.29 is 18.7 Å². The quantitative estimate of drug-likeness (QED) is 0.402. The zero-order valence-corrected chi connectivity index (χ0v) is 20.0. The minimum atomic E-state index is -0.760. The van der Waals surface area contributed by atoms with E-state index in [9.17, 15) is 19.2 Å². The number of hydrogen-bond acceptors (Lipinski definition) is 7. The van der Waals surface area contributed by atoms with Gasteiger partial charge in [0.05, 0.1) is 25.3 Å². The first-order valence-electron chi connectivity index (χ1n) is 11.7. The highest BCUT2D eigenvalue weighted by molar-refractivity contribution is 6.00. The number of nitrogen functional groups attached to an aromatic ring is 1. The lowest BCUT2D eigenvalue weighted by Gasteiger charge is -2.27. The molecule has 0 saturated carbocycles. The number of nitrogens with one attached hydrogen (secondary N) is 1. The first-order valence-corrected chi connectivity index (χ1v) is 11.7. The molecule has 3 N–H and O–H groups in total. The van der Waals surface area contributed by atoms with Crippen LogP contribution in [0.5, 0.6) is 0 Å². The van der Waals surface area contributed by atoms with Gasteiger partial charge in [0.15, 0.2) is 5.69 Å². The van der Waals surface area contributed by atoms with Gasteiger partial charge in [-0.1, -0.05) is 30.3 Å². The van der Waals surface area contributed by atoms with Crippen molar-refractivity contribution in [1.29, 1.82) is 0 Å². The summed E-state index contributed by atoms with van der Waals surface area (Å²) in [7, 11) is 1.54. The van der Waals surface area contributed by atoms with Crippen molar-refractivity contribution in [2.24, 2.45) is 5.92 Å². The van der Waals surface area contributed by atoms with Crippen molar-refractivity contribution in [1.82, 2.24) is 14.5 Å². The predicted molar refractivity (Wildman–Crippen MR) is 132 cm³/mol. The topological polar surface area (TPSA) is 144 Å². The van der Waals surface area contributed by atoms with Crippen molar-refractivity contribution in [3.63, 3.8) is 0 Å². The Kier molecular flexibility index (Phi) is 7.69. The minimum Gasteiger partial charge on any atom is -0.467 e. The molecule has 4 rings (SSSR count). The molecule has 1 aromatic carbocycles. The first-order chi connectivity index (χ1) is 17.4. The predicted octanol–water partition coefficient (Wildman–Crippen LogP) is 1.18. The van der Waals surface area contributed by atoms with Gasteiger partial charge in [0.2, 0.25) is 11.8 Å². The van der Waals surface area contributed by atoms with E-state index in [4.69, 9.17) is 14.9 Å². The standard InChI is InChI=1S/C25H29N5O6/c1-35-11-6-10-29(24(33)18-13-20(31)28(15-18)16-19-9-5-12-36-19)21-22(26)30(25(34)27-23(21)32)14-17-7-3-2-4-8-17/h2-5,7-9,12,18H,6,10-11,13-16,26H2,1H3,(H,27,32,34). The number of H-pyrrole nitrogens is 1. The molecule has 190 valence electrons. The van der Waals surface area contributed by atoms with Crippen LogP contribution in [0.2, 0.25) is 0 Å². The van der Waals surface area contributed by atoms with Crippen LogP contribution in [0.3, 0.4) is 0 Å². The van der Waals surface area contributed by atoms with Crippen molar-refractivity contribution in [2.45, 2.75) is 25.9 Å². The lowest BCUT2D eigenvalue weighted by Crippen LogP contribution is -2.44. The van der Waals surface area contributed by atoms with Crippen molar-refractivity contribution >= 4 is 23.3 Å². The normalized spacial score (nSPS) is 15.4. The summed E-state index contributed by atoms with van der Waals surface area (Å²) in [6.07, 6.45) is 1.95. The Bertz CT molecular complexity index is 1310. The van der Waals surface area contributed by atoms with Crippen LogP contribution in [0.15, 0.2) is 62.7 Å². The number of rotatable bonds is 10. The summed E-state index contributed by atoms with van der Waals surface area (Å²) in [4.78, 5) is 57.0. The van der Waals surface area contributed by atoms with Gasteiger partial charge in [0.1, 0.15) is 11.6 Å². The Hall–Kier alpha value is -4.12. The summed E-state index contributed by atoms with van der Waals surface area (Å²) >= 11 is 0. The summed E-state index contributed by atoms with van der Waals surface area (Å²) in [5.41, 5.74) is 5.61. The Labute approximate surface area is 207 Å².